The Kier molecular flexibility index (Phi) is 11.1. The van der Waals surface area contributed by atoms with E-state index in [2.05, 4.69) is 20.8 Å². The van der Waals surface area contributed by atoms with E-state index in [1.807, 2.05) is 0 Å². The van der Waals surface area contributed by atoms with Crippen molar-refractivity contribution in [3.63, 3.8) is 0 Å². The van der Waals surface area contributed by atoms with Crippen molar-refractivity contribution >= 4 is 9.05 Å². The van der Waals surface area contributed by atoms with Gasteiger partial charge in [-0.2, -0.15) is 0 Å². The van der Waals surface area contributed by atoms with Crippen LogP contribution in [0.2, 0.25) is 0 Å². The largest absolute Gasteiger partial charge is 0.668 e. The molecule has 1 unspecified atom stereocenters. The van der Waals surface area contributed by atoms with E-state index in [1.165, 1.54) is 0 Å². The minimum Gasteiger partial charge on any atom is -0.391 e. The lowest BCUT2D eigenvalue weighted by Gasteiger charge is -2.34. The number of aliphatic hydroxyl groups excluding tert-OH is 1. The lowest BCUT2D eigenvalue weighted by Crippen LogP contribution is -2.50. The van der Waals surface area contributed by atoms with E-state index in [4.69, 9.17) is 24.9 Å². The van der Waals surface area contributed by atoms with E-state index in [1.54, 1.807) is 0 Å². The van der Waals surface area contributed by atoms with Gasteiger partial charge in [0.1, 0.15) is 0 Å². The SMILES string of the molecule is CCCC(O)C(N)(CCC)CCC.O[Si](O)(O)O. The molecule has 0 fully saturated rings. The normalized spacial score (nSPS) is 13.8. The molecule has 0 aromatic carbocycles. The number of hydrogen-bond donors (Lipinski definition) is 6. The lowest BCUT2D eigenvalue weighted by molar-refractivity contribution is 0.0633. The molecule has 0 rings (SSSR count). The Morgan fingerprint density at radius 1 is 0.944 bits per heavy atom. The highest BCUT2D eigenvalue weighted by atomic mass is 28.4. The average Bonchev–Trinajstić information content (AvgIpc) is 2.16. The van der Waals surface area contributed by atoms with Crippen LogP contribution in [0.1, 0.15) is 59.3 Å². The summed E-state index contributed by atoms with van der Waals surface area (Å²) in [5.41, 5.74) is 5.86. The summed E-state index contributed by atoms with van der Waals surface area (Å²) in [6.45, 7) is 6.33. The quantitative estimate of drug-likeness (QED) is 0.360. The van der Waals surface area contributed by atoms with Gasteiger partial charge in [0.2, 0.25) is 0 Å². The van der Waals surface area contributed by atoms with Gasteiger partial charge >= 0.3 is 9.05 Å². The Bertz CT molecular complexity index is 186. The molecule has 1 atom stereocenters. The van der Waals surface area contributed by atoms with Gasteiger partial charge in [0, 0.05) is 5.54 Å². The van der Waals surface area contributed by atoms with Crippen molar-refractivity contribution in [1.82, 2.24) is 0 Å². The van der Waals surface area contributed by atoms with Crippen molar-refractivity contribution < 1.29 is 24.3 Å². The maximum Gasteiger partial charge on any atom is 0.668 e. The molecule has 0 bridgehead atoms. The maximum absolute atomic E-state index is 9.91. The second-order valence-electron chi connectivity index (χ2n) is 4.64. The fraction of sp³-hybridized carbons (Fsp3) is 1.00. The molecule has 0 saturated carbocycles. The molecule has 0 radical (unpaired) electrons. The maximum atomic E-state index is 9.91. The molecule has 0 heterocycles. The highest BCUT2D eigenvalue weighted by molar-refractivity contribution is 6.46. The van der Waals surface area contributed by atoms with Gasteiger partial charge in [-0.05, 0) is 19.3 Å². The molecule has 0 saturated heterocycles. The van der Waals surface area contributed by atoms with Crippen molar-refractivity contribution in [1.29, 1.82) is 0 Å². The van der Waals surface area contributed by atoms with Crippen LogP contribution in [0.4, 0.5) is 0 Å². The molecule has 7 N–H and O–H groups in total. The third kappa shape index (κ3) is 12.4. The molecular weight excluding hydrogens is 254 g/mol. The van der Waals surface area contributed by atoms with Crippen LogP contribution < -0.4 is 5.73 Å². The van der Waals surface area contributed by atoms with E-state index in [0.717, 1.165) is 38.5 Å². The fourth-order valence-electron chi connectivity index (χ4n) is 1.95. The van der Waals surface area contributed by atoms with Crippen LogP contribution >= 0.6 is 0 Å². The third-order valence-electron chi connectivity index (χ3n) is 2.66. The van der Waals surface area contributed by atoms with Gasteiger partial charge in [-0.25, -0.2) is 0 Å². The predicted molar refractivity (Wildman–Crippen MR) is 72.3 cm³/mol. The summed E-state index contributed by atoms with van der Waals surface area (Å²) in [4.78, 5) is 29.3. The van der Waals surface area contributed by atoms with E-state index >= 15 is 0 Å². The Labute approximate surface area is 111 Å². The van der Waals surface area contributed by atoms with Gasteiger partial charge in [0.15, 0.2) is 0 Å². The van der Waals surface area contributed by atoms with Crippen LogP contribution in [0.5, 0.6) is 0 Å². The van der Waals surface area contributed by atoms with Crippen molar-refractivity contribution in [2.24, 2.45) is 5.73 Å². The standard InChI is InChI=1S/C11H25NO.H4O4Si/c1-4-7-10(13)11(12,8-5-2)9-6-3;1-5(2,3)4/h10,13H,4-9,12H2,1-3H3;1-4H. The van der Waals surface area contributed by atoms with Gasteiger partial charge in [-0.3, -0.25) is 0 Å². The minimum atomic E-state index is -4.61. The summed E-state index contributed by atoms with van der Waals surface area (Å²) in [6, 6.07) is 0. The van der Waals surface area contributed by atoms with Crippen molar-refractivity contribution in [2.45, 2.75) is 70.9 Å². The number of aliphatic hydroxyl groups is 1. The summed E-state index contributed by atoms with van der Waals surface area (Å²) in [5, 5.41) is 9.91. The van der Waals surface area contributed by atoms with Crippen molar-refractivity contribution in [2.75, 3.05) is 0 Å². The second-order valence-corrected chi connectivity index (χ2v) is 5.84. The van der Waals surface area contributed by atoms with E-state index in [-0.39, 0.29) is 11.6 Å². The Balaban J connectivity index is 0. The van der Waals surface area contributed by atoms with Crippen LogP contribution in [0, 0.1) is 0 Å². The van der Waals surface area contributed by atoms with Gasteiger partial charge in [0.25, 0.3) is 0 Å². The molecule has 0 aliphatic carbocycles. The number of hydrogen-bond acceptors (Lipinski definition) is 6. The third-order valence-corrected chi connectivity index (χ3v) is 2.66. The Hall–Kier alpha value is -0.0231. The molecule has 0 amide bonds. The van der Waals surface area contributed by atoms with E-state index in [9.17, 15) is 5.11 Å². The monoisotopic (exact) mass is 283 g/mol. The van der Waals surface area contributed by atoms with Gasteiger partial charge in [-0.15, -0.1) is 0 Å². The van der Waals surface area contributed by atoms with Crippen LogP contribution in [0.3, 0.4) is 0 Å². The van der Waals surface area contributed by atoms with Crippen molar-refractivity contribution in [3.05, 3.63) is 0 Å². The van der Waals surface area contributed by atoms with Gasteiger partial charge in [-0.1, -0.05) is 40.0 Å². The summed E-state index contributed by atoms with van der Waals surface area (Å²) in [7, 11) is -4.61. The lowest BCUT2D eigenvalue weighted by atomic mass is 9.82. The summed E-state index contributed by atoms with van der Waals surface area (Å²) in [6.07, 6.45) is 5.49. The minimum absolute atomic E-state index is 0.322. The first-order valence-electron chi connectivity index (χ1n) is 6.47. The van der Waals surface area contributed by atoms with Crippen LogP contribution in [0.15, 0.2) is 0 Å². The number of nitrogens with two attached hydrogens (primary N) is 1. The molecule has 7 heteroatoms. The summed E-state index contributed by atoms with van der Waals surface area (Å²) < 4.78 is 0. The van der Waals surface area contributed by atoms with Crippen LogP contribution in [-0.4, -0.2) is 45.0 Å². The molecule has 0 aromatic heterocycles. The van der Waals surface area contributed by atoms with E-state index < -0.39 is 9.05 Å². The zero-order valence-electron chi connectivity index (χ0n) is 11.6. The zero-order valence-corrected chi connectivity index (χ0v) is 12.6. The predicted octanol–water partition coefficient (Wildman–Crippen LogP) is -0.164. The zero-order chi connectivity index (χ0) is 14.8. The topological polar surface area (TPSA) is 127 Å². The highest BCUT2D eigenvalue weighted by Gasteiger charge is 2.30. The van der Waals surface area contributed by atoms with Crippen molar-refractivity contribution in [3.8, 4) is 0 Å². The summed E-state index contributed by atoms with van der Waals surface area (Å²) >= 11 is 0. The molecule has 18 heavy (non-hydrogen) atoms. The number of rotatable bonds is 7. The van der Waals surface area contributed by atoms with Gasteiger partial charge in [0.05, 0.1) is 6.10 Å². The first-order valence-corrected chi connectivity index (χ1v) is 8.26. The smallest absolute Gasteiger partial charge is 0.391 e. The highest BCUT2D eigenvalue weighted by Crippen LogP contribution is 2.23. The van der Waals surface area contributed by atoms with Crippen LogP contribution in [-0.2, 0) is 0 Å². The molecule has 0 aromatic rings. The average molecular weight is 283 g/mol. The second kappa shape index (κ2) is 9.85. The van der Waals surface area contributed by atoms with Gasteiger partial charge < -0.3 is 30.0 Å². The first-order chi connectivity index (χ1) is 8.10. The molecule has 6 nitrogen and oxygen atoms in total. The Morgan fingerprint density at radius 3 is 1.50 bits per heavy atom. The fourth-order valence-corrected chi connectivity index (χ4v) is 1.95. The molecule has 112 valence electrons. The molecule has 0 spiro atoms. The van der Waals surface area contributed by atoms with E-state index in [0.29, 0.717) is 0 Å². The molecule has 0 aliphatic rings. The molecular formula is C11H29NO5Si. The first kappa shape index (κ1) is 20.3. The van der Waals surface area contributed by atoms with Crippen LogP contribution in [0.25, 0.3) is 0 Å². The Morgan fingerprint density at radius 2 is 1.28 bits per heavy atom. The molecule has 0 aliphatic heterocycles. The summed E-state index contributed by atoms with van der Waals surface area (Å²) in [5.74, 6) is 0.